The summed E-state index contributed by atoms with van der Waals surface area (Å²) in [4.78, 5) is 17.9. The fourth-order valence-electron chi connectivity index (χ4n) is 2.28. The van der Waals surface area contributed by atoms with Gasteiger partial charge in [0.05, 0.1) is 5.56 Å². The number of rotatable bonds is 2. The first-order valence-electron chi connectivity index (χ1n) is 6.18. The Hall–Kier alpha value is -0.870. The Bertz CT molecular complexity index is 406. The van der Waals surface area contributed by atoms with Gasteiger partial charge < -0.3 is 9.80 Å². The van der Waals surface area contributed by atoms with Crippen LogP contribution in [-0.2, 0) is 6.42 Å². The van der Waals surface area contributed by atoms with Gasteiger partial charge in [0.2, 0.25) is 0 Å². The van der Waals surface area contributed by atoms with Gasteiger partial charge in [-0.3, -0.25) is 4.79 Å². The van der Waals surface area contributed by atoms with Gasteiger partial charge in [0.25, 0.3) is 5.91 Å². The van der Waals surface area contributed by atoms with E-state index in [1.807, 2.05) is 10.3 Å². The van der Waals surface area contributed by atoms with Crippen LogP contribution in [0.2, 0.25) is 0 Å². The van der Waals surface area contributed by atoms with E-state index in [0.29, 0.717) is 0 Å². The van der Waals surface area contributed by atoms with Crippen molar-refractivity contribution in [3.63, 3.8) is 0 Å². The number of likely N-dealkylation sites (N-methyl/N-ethyl adjacent to an activating group) is 1. The number of aryl methyl sites for hydroxylation is 1. The van der Waals surface area contributed by atoms with Crippen molar-refractivity contribution in [3.8, 4) is 0 Å². The molecule has 0 saturated carbocycles. The van der Waals surface area contributed by atoms with Crippen molar-refractivity contribution in [1.82, 2.24) is 9.80 Å². The molecule has 0 bridgehead atoms. The molecule has 1 saturated heterocycles. The number of carbonyl (C=O) groups is 1. The molecule has 94 valence electrons. The molecule has 17 heavy (non-hydrogen) atoms. The number of carbonyl (C=O) groups excluding carboxylic acids is 1. The Morgan fingerprint density at radius 1 is 1.35 bits per heavy atom. The fraction of sp³-hybridized carbons (Fsp3) is 0.615. The molecule has 1 fully saturated rings. The Morgan fingerprint density at radius 2 is 2.00 bits per heavy atom. The molecule has 0 atom stereocenters. The van der Waals surface area contributed by atoms with Crippen LogP contribution in [0, 0.1) is 6.92 Å². The van der Waals surface area contributed by atoms with Gasteiger partial charge in [-0.25, -0.2) is 0 Å². The number of piperazine rings is 1. The maximum Gasteiger partial charge on any atom is 0.255 e. The standard InChI is InChI=1S/C13H20N2OS/c1-4-11-10(2)17-9-12(11)13(16)15-7-5-14(3)6-8-15/h9H,4-8H2,1-3H3. The Morgan fingerprint density at radius 3 is 2.59 bits per heavy atom. The van der Waals surface area contributed by atoms with Gasteiger partial charge in [-0.15, -0.1) is 11.3 Å². The van der Waals surface area contributed by atoms with Gasteiger partial charge >= 0.3 is 0 Å². The second kappa shape index (κ2) is 5.19. The fourth-order valence-corrected chi connectivity index (χ4v) is 3.21. The van der Waals surface area contributed by atoms with E-state index in [9.17, 15) is 4.79 Å². The van der Waals surface area contributed by atoms with Gasteiger partial charge in [0, 0.05) is 36.4 Å². The zero-order valence-corrected chi connectivity index (χ0v) is 11.6. The minimum atomic E-state index is 0.222. The van der Waals surface area contributed by atoms with Crippen LogP contribution in [-0.4, -0.2) is 48.9 Å². The smallest absolute Gasteiger partial charge is 0.255 e. The summed E-state index contributed by atoms with van der Waals surface area (Å²) in [5.41, 5.74) is 2.17. The van der Waals surface area contributed by atoms with Gasteiger partial charge in [0.15, 0.2) is 0 Å². The van der Waals surface area contributed by atoms with E-state index >= 15 is 0 Å². The lowest BCUT2D eigenvalue weighted by Gasteiger charge is -2.32. The molecular weight excluding hydrogens is 232 g/mol. The molecule has 0 spiro atoms. The number of nitrogens with zero attached hydrogens (tertiary/aromatic N) is 2. The highest BCUT2D eigenvalue weighted by Crippen LogP contribution is 2.24. The molecule has 1 aromatic rings. The molecule has 0 aliphatic carbocycles. The van der Waals surface area contributed by atoms with Gasteiger partial charge in [-0.2, -0.15) is 0 Å². The normalized spacial score (nSPS) is 17.5. The molecule has 2 rings (SSSR count). The van der Waals surface area contributed by atoms with E-state index < -0.39 is 0 Å². The molecule has 1 amide bonds. The first-order valence-corrected chi connectivity index (χ1v) is 7.06. The van der Waals surface area contributed by atoms with Crippen molar-refractivity contribution in [2.75, 3.05) is 33.2 Å². The number of hydrogen-bond acceptors (Lipinski definition) is 3. The quantitative estimate of drug-likeness (QED) is 0.804. The monoisotopic (exact) mass is 252 g/mol. The minimum absolute atomic E-state index is 0.222. The van der Waals surface area contributed by atoms with Crippen LogP contribution in [0.1, 0.15) is 27.7 Å². The van der Waals surface area contributed by atoms with Crippen LogP contribution in [0.5, 0.6) is 0 Å². The van der Waals surface area contributed by atoms with E-state index in [1.54, 1.807) is 11.3 Å². The molecule has 0 unspecified atom stereocenters. The largest absolute Gasteiger partial charge is 0.336 e. The summed E-state index contributed by atoms with van der Waals surface area (Å²) < 4.78 is 0. The van der Waals surface area contributed by atoms with E-state index in [2.05, 4.69) is 25.8 Å². The first-order chi connectivity index (χ1) is 8.13. The van der Waals surface area contributed by atoms with Crippen LogP contribution in [0.25, 0.3) is 0 Å². The number of amides is 1. The van der Waals surface area contributed by atoms with Crippen LogP contribution in [0.3, 0.4) is 0 Å². The van der Waals surface area contributed by atoms with E-state index in [0.717, 1.165) is 38.2 Å². The molecule has 3 nitrogen and oxygen atoms in total. The topological polar surface area (TPSA) is 23.6 Å². The van der Waals surface area contributed by atoms with Crippen LogP contribution < -0.4 is 0 Å². The van der Waals surface area contributed by atoms with Crippen LogP contribution in [0.15, 0.2) is 5.38 Å². The maximum atomic E-state index is 12.4. The molecule has 1 aliphatic rings. The highest BCUT2D eigenvalue weighted by Gasteiger charge is 2.23. The Labute approximate surface area is 107 Å². The summed E-state index contributed by atoms with van der Waals surface area (Å²) in [6.07, 6.45) is 0.949. The molecule has 1 aliphatic heterocycles. The molecule has 0 N–H and O–H groups in total. The Kier molecular flexibility index (Phi) is 3.84. The highest BCUT2D eigenvalue weighted by atomic mass is 32.1. The number of hydrogen-bond donors (Lipinski definition) is 0. The van der Waals surface area contributed by atoms with Crippen molar-refractivity contribution >= 4 is 17.2 Å². The van der Waals surface area contributed by atoms with Crippen molar-refractivity contribution < 1.29 is 4.79 Å². The molecule has 2 heterocycles. The highest BCUT2D eigenvalue weighted by molar-refractivity contribution is 7.10. The average Bonchev–Trinajstić information content (AvgIpc) is 2.70. The van der Waals surface area contributed by atoms with Gasteiger partial charge in [0.1, 0.15) is 0 Å². The molecule has 0 radical (unpaired) electrons. The summed E-state index contributed by atoms with van der Waals surface area (Å²) in [6.45, 7) is 7.90. The summed E-state index contributed by atoms with van der Waals surface area (Å²) >= 11 is 1.69. The SMILES string of the molecule is CCc1c(C(=O)N2CCN(C)CC2)csc1C. The van der Waals surface area contributed by atoms with E-state index in [1.165, 1.54) is 10.4 Å². The van der Waals surface area contributed by atoms with Crippen LogP contribution in [0.4, 0.5) is 0 Å². The zero-order chi connectivity index (χ0) is 12.4. The van der Waals surface area contributed by atoms with E-state index in [-0.39, 0.29) is 5.91 Å². The van der Waals surface area contributed by atoms with Crippen molar-refractivity contribution in [1.29, 1.82) is 0 Å². The van der Waals surface area contributed by atoms with E-state index in [4.69, 9.17) is 0 Å². The molecular formula is C13H20N2OS. The summed E-state index contributed by atoms with van der Waals surface area (Å²) in [6, 6.07) is 0. The van der Waals surface area contributed by atoms with Gasteiger partial charge in [-0.05, 0) is 26.0 Å². The maximum absolute atomic E-state index is 12.4. The summed E-state index contributed by atoms with van der Waals surface area (Å²) in [5.74, 6) is 0.222. The predicted molar refractivity (Wildman–Crippen MR) is 71.8 cm³/mol. The summed E-state index contributed by atoms with van der Waals surface area (Å²) in [7, 11) is 2.11. The minimum Gasteiger partial charge on any atom is -0.336 e. The predicted octanol–water partition coefficient (Wildman–Crippen LogP) is 2.01. The van der Waals surface area contributed by atoms with Crippen molar-refractivity contribution in [2.24, 2.45) is 0 Å². The molecule has 4 heteroatoms. The third kappa shape index (κ3) is 2.53. The lowest BCUT2D eigenvalue weighted by molar-refractivity contribution is 0.0663. The van der Waals surface area contributed by atoms with Crippen molar-refractivity contribution in [2.45, 2.75) is 20.3 Å². The van der Waals surface area contributed by atoms with Gasteiger partial charge in [-0.1, -0.05) is 6.92 Å². The third-order valence-corrected chi connectivity index (χ3v) is 4.43. The van der Waals surface area contributed by atoms with Crippen LogP contribution >= 0.6 is 11.3 Å². The number of thiophene rings is 1. The molecule has 1 aromatic heterocycles. The zero-order valence-electron chi connectivity index (χ0n) is 10.8. The lowest BCUT2D eigenvalue weighted by atomic mass is 10.1. The van der Waals surface area contributed by atoms with Crippen molar-refractivity contribution in [3.05, 3.63) is 21.4 Å². The third-order valence-electron chi connectivity index (χ3n) is 3.48. The summed E-state index contributed by atoms with van der Waals surface area (Å²) in [5, 5.41) is 2.02. The average molecular weight is 252 g/mol. The lowest BCUT2D eigenvalue weighted by Crippen LogP contribution is -2.47. The second-order valence-corrected chi connectivity index (χ2v) is 5.72. The first kappa shape index (κ1) is 12.6. The Balaban J connectivity index is 2.14. The molecule has 0 aromatic carbocycles. The second-order valence-electron chi connectivity index (χ2n) is 4.63.